The normalized spacial score (nSPS) is 14.5. The van der Waals surface area contributed by atoms with E-state index in [4.69, 9.17) is 14.2 Å². The molecule has 0 bridgehead atoms. The first-order chi connectivity index (χ1) is 25.8. The number of ketones is 1. The Morgan fingerprint density at radius 3 is 2.15 bits per heavy atom. The predicted molar refractivity (Wildman–Crippen MR) is 211 cm³/mol. The summed E-state index contributed by atoms with van der Waals surface area (Å²) in [5.41, 5.74) is 5.28. The van der Waals surface area contributed by atoms with E-state index in [2.05, 4.69) is 28.0 Å². The molecule has 0 radical (unpaired) electrons. The van der Waals surface area contributed by atoms with E-state index < -0.39 is 15.6 Å². The van der Waals surface area contributed by atoms with Crippen molar-refractivity contribution in [2.45, 2.75) is 35.3 Å². The van der Waals surface area contributed by atoms with Gasteiger partial charge in [-0.25, -0.2) is 8.42 Å². The number of Topliss-reactive ketones (excluding diaryl/α,β-unsaturated/α-hetero) is 1. The Hall–Kier alpha value is -4.61. The summed E-state index contributed by atoms with van der Waals surface area (Å²) >= 11 is 1.81. The second-order valence-electron chi connectivity index (χ2n) is 13.1. The zero-order valence-electron chi connectivity index (χ0n) is 30.4. The van der Waals surface area contributed by atoms with E-state index >= 15 is 0 Å². The second kappa shape index (κ2) is 17.9. The largest absolute Gasteiger partial charge is 0.497 e. The highest BCUT2D eigenvalue weighted by molar-refractivity contribution is 7.99. The molecule has 0 N–H and O–H groups in total. The maximum Gasteiger partial charge on any atom is 0.185 e. The van der Waals surface area contributed by atoms with Gasteiger partial charge in [0.15, 0.2) is 27.1 Å². The monoisotopic (exact) mass is 750 g/mol. The van der Waals surface area contributed by atoms with E-state index in [0.717, 1.165) is 45.9 Å². The number of hydrogen-bond acceptors (Lipinski definition) is 9. The smallest absolute Gasteiger partial charge is 0.185 e. The Morgan fingerprint density at radius 2 is 1.45 bits per heavy atom. The summed E-state index contributed by atoms with van der Waals surface area (Å²) < 4.78 is 43.8. The fraction of sp³-hybridized carbons (Fsp3) is 0.279. The predicted octanol–water partition coefficient (Wildman–Crippen LogP) is 7.50. The number of hydrogen-bond donors (Lipinski definition) is 0. The number of methoxy groups -OCH3 is 3. The molecule has 0 saturated carbocycles. The van der Waals surface area contributed by atoms with Crippen LogP contribution in [0.25, 0.3) is 0 Å². The molecule has 0 aliphatic carbocycles. The summed E-state index contributed by atoms with van der Waals surface area (Å²) in [4.78, 5) is 19.4. The molecular weight excluding hydrogens is 705 g/mol. The van der Waals surface area contributed by atoms with Crippen LogP contribution in [0.2, 0.25) is 0 Å². The zero-order valence-corrected chi connectivity index (χ0v) is 32.1. The molecule has 1 atom stereocenters. The first kappa shape index (κ1) is 38.1. The van der Waals surface area contributed by atoms with E-state index in [9.17, 15) is 13.2 Å². The van der Waals surface area contributed by atoms with Crippen LogP contribution in [0.3, 0.4) is 0 Å². The summed E-state index contributed by atoms with van der Waals surface area (Å²) in [7, 11) is 1.03. The van der Waals surface area contributed by atoms with Crippen LogP contribution in [-0.2, 0) is 34.1 Å². The van der Waals surface area contributed by atoms with Gasteiger partial charge in [-0.2, -0.15) is 0 Å². The van der Waals surface area contributed by atoms with Crippen molar-refractivity contribution in [1.82, 2.24) is 9.80 Å². The standard InChI is InChI=1S/C43H46N2O6S2/c1-49-37-14-10-11-33(25-37)29-44(23-24-52-38-15-8-5-9-16-38)28-32-17-19-39(20-18-32)53(47,48)31-36(46)30-45-22-21-35-26-41(50-2)42(51-3)27-40(35)43(45)34-12-6-4-7-13-34/h4-20,25-27,43H,21-24,28-31H2,1-3H3. The molecule has 8 nitrogen and oxygen atoms in total. The van der Waals surface area contributed by atoms with Crippen LogP contribution in [0.1, 0.15) is 33.9 Å². The second-order valence-corrected chi connectivity index (χ2v) is 16.3. The maximum atomic E-state index is 13.6. The molecule has 10 heteroatoms. The number of carbonyl (C=O) groups is 1. The van der Waals surface area contributed by atoms with Gasteiger partial charge in [0.25, 0.3) is 0 Å². The number of benzene rings is 5. The number of rotatable bonds is 17. The molecule has 6 rings (SSSR count). The van der Waals surface area contributed by atoms with Gasteiger partial charge >= 0.3 is 0 Å². The van der Waals surface area contributed by atoms with E-state index in [1.165, 1.54) is 4.90 Å². The number of thioether (sulfide) groups is 1. The van der Waals surface area contributed by atoms with Crippen LogP contribution in [0.5, 0.6) is 17.2 Å². The van der Waals surface area contributed by atoms with Crippen LogP contribution in [0.15, 0.2) is 131 Å². The van der Waals surface area contributed by atoms with Crippen LogP contribution < -0.4 is 14.2 Å². The number of carbonyl (C=O) groups excluding carboxylic acids is 1. The van der Waals surface area contributed by atoms with Gasteiger partial charge in [-0.3, -0.25) is 14.6 Å². The fourth-order valence-corrected chi connectivity index (χ4v) is 9.04. The lowest BCUT2D eigenvalue weighted by Gasteiger charge is -2.37. The molecule has 1 heterocycles. The summed E-state index contributed by atoms with van der Waals surface area (Å²) in [6.45, 7) is 2.78. The van der Waals surface area contributed by atoms with Gasteiger partial charge in [0.1, 0.15) is 11.5 Å². The molecule has 1 aliphatic heterocycles. The lowest BCUT2D eigenvalue weighted by Crippen LogP contribution is -2.41. The molecule has 276 valence electrons. The lowest BCUT2D eigenvalue weighted by atomic mass is 9.87. The average molecular weight is 751 g/mol. The van der Waals surface area contributed by atoms with Crippen LogP contribution in [0.4, 0.5) is 0 Å². The lowest BCUT2D eigenvalue weighted by molar-refractivity contribution is -0.118. The van der Waals surface area contributed by atoms with Crippen molar-refractivity contribution in [3.05, 3.63) is 149 Å². The Labute approximate surface area is 317 Å². The highest BCUT2D eigenvalue weighted by atomic mass is 32.2. The highest BCUT2D eigenvalue weighted by Crippen LogP contribution is 2.41. The van der Waals surface area contributed by atoms with Crippen molar-refractivity contribution in [3.8, 4) is 17.2 Å². The van der Waals surface area contributed by atoms with Crippen molar-refractivity contribution >= 4 is 27.4 Å². The van der Waals surface area contributed by atoms with Gasteiger partial charge in [0.2, 0.25) is 0 Å². The Bertz CT molecular complexity index is 2080. The fourth-order valence-electron chi connectivity index (χ4n) is 6.87. The molecule has 0 fully saturated rings. The Morgan fingerprint density at radius 1 is 0.774 bits per heavy atom. The van der Waals surface area contributed by atoms with Crippen molar-refractivity contribution in [2.75, 3.05) is 52.5 Å². The number of ether oxygens (including phenoxy) is 3. The number of sulfone groups is 1. The van der Waals surface area contributed by atoms with Crippen LogP contribution in [0, 0.1) is 0 Å². The number of fused-ring (bicyclic) bond motifs is 1. The summed E-state index contributed by atoms with van der Waals surface area (Å²) in [5, 5.41) is 0. The van der Waals surface area contributed by atoms with E-state index in [1.54, 1.807) is 33.5 Å². The van der Waals surface area contributed by atoms with Crippen LogP contribution in [-0.4, -0.2) is 76.5 Å². The molecule has 0 aromatic heterocycles. The first-order valence-electron chi connectivity index (χ1n) is 17.7. The van der Waals surface area contributed by atoms with Gasteiger partial charge in [0, 0.05) is 36.8 Å². The summed E-state index contributed by atoms with van der Waals surface area (Å²) in [6, 6.07) is 39.1. The van der Waals surface area contributed by atoms with Gasteiger partial charge in [0.05, 0.1) is 38.8 Å². The van der Waals surface area contributed by atoms with Gasteiger partial charge in [-0.15, -0.1) is 11.8 Å². The third kappa shape index (κ3) is 9.88. The summed E-state index contributed by atoms with van der Waals surface area (Å²) in [5.74, 6) is 2.07. The average Bonchev–Trinajstić information content (AvgIpc) is 3.18. The molecule has 0 spiro atoms. The Balaban J connectivity index is 1.13. The van der Waals surface area contributed by atoms with Gasteiger partial charge in [-0.1, -0.05) is 72.8 Å². The van der Waals surface area contributed by atoms with E-state index in [0.29, 0.717) is 37.6 Å². The third-order valence-corrected chi connectivity index (χ3v) is 12.2. The molecule has 1 unspecified atom stereocenters. The van der Waals surface area contributed by atoms with E-state index in [1.807, 2.05) is 103 Å². The minimum absolute atomic E-state index is 0.00485. The molecule has 0 saturated heterocycles. The van der Waals surface area contributed by atoms with E-state index in [-0.39, 0.29) is 23.3 Å². The van der Waals surface area contributed by atoms with Crippen molar-refractivity contribution in [2.24, 2.45) is 0 Å². The molecular formula is C43H46N2O6S2. The molecule has 5 aromatic carbocycles. The molecule has 53 heavy (non-hydrogen) atoms. The Kier molecular flexibility index (Phi) is 12.9. The summed E-state index contributed by atoms with van der Waals surface area (Å²) in [6.07, 6.45) is 0.695. The zero-order chi connectivity index (χ0) is 37.2. The van der Waals surface area contributed by atoms with Gasteiger partial charge < -0.3 is 14.2 Å². The highest BCUT2D eigenvalue weighted by Gasteiger charge is 2.32. The molecule has 0 amide bonds. The number of nitrogens with zero attached hydrogens (tertiary/aromatic N) is 2. The SMILES string of the molecule is COc1cccc(CN(CCSc2ccccc2)Cc2ccc(S(=O)(=O)CC(=O)CN3CCc4cc(OC)c(OC)cc4C3c3ccccc3)cc2)c1. The molecule has 5 aromatic rings. The minimum Gasteiger partial charge on any atom is -0.497 e. The van der Waals surface area contributed by atoms with Crippen molar-refractivity contribution < 1.29 is 27.4 Å². The van der Waals surface area contributed by atoms with Crippen LogP contribution >= 0.6 is 11.8 Å². The topological polar surface area (TPSA) is 85.4 Å². The maximum absolute atomic E-state index is 13.6. The first-order valence-corrected chi connectivity index (χ1v) is 20.3. The van der Waals surface area contributed by atoms with Crippen molar-refractivity contribution in [3.63, 3.8) is 0 Å². The van der Waals surface area contributed by atoms with Gasteiger partial charge in [-0.05, 0) is 82.8 Å². The quantitative estimate of drug-likeness (QED) is 0.0898. The van der Waals surface area contributed by atoms with Crippen molar-refractivity contribution in [1.29, 1.82) is 0 Å². The molecule has 1 aliphatic rings. The minimum atomic E-state index is -3.86. The third-order valence-electron chi connectivity index (χ3n) is 9.47.